The van der Waals surface area contributed by atoms with Crippen LogP contribution in [0.25, 0.3) is 0 Å². The van der Waals surface area contributed by atoms with Crippen LogP contribution in [0.1, 0.15) is 35.1 Å². The van der Waals surface area contributed by atoms with Crippen molar-refractivity contribution in [3.8, 4) is 0 Å². The summed E-state index contributed by atoms with van der Waals surface area (Å²) in [4.78, 5) is 57.7. The summed E-state index contributed by atoms with van der Waals surface area (Å²) in [6, 6.07) is 37.7. The van der Waals surface area contributed by atoms with Gasteiger partial charge in [-0.2, -0.15) is 0 Å². The highest BCUT2D eigenvalue weighted by Gasteiger charge is 2.51. The fourth-order valence-electron chi connectivity index (χ4n) is 6.64. The van der Waals surface area contributed by atoms with Gasteiger partial charge >= 0.3 is 12.1 Å². The van der Waals surface area contributed by atoms with Crippen LogP contribution >= 0.6 is 0 Å². The van der Waals surface area contributed by atoms with E-state index < -0.39 is 24.2 Å². The number of hydrogen-bond donors (Lipinski definition) is 0. The first kappa shape index (κ1) is 32.7. The molecule has 8 nitrogen and oxygen atoms in total. The number of imide groups is 1. The highest BCUT2D eigenvalue weighted by Crippen LogP contribution is 2.30. The van der Waals surface area contributed by atoms with Gasteiger partial charge in [0.2, 0.25) is 12.0 Å². The van der Waals surface area contributed by atoms with Gasteiger partial charge in [0.15, 0.2) is 0 Å². The molecule has 4 aromatic rings. The number of likely N-dealkylation sites (tertiary alicyclic amines) is 1. The van der Waals surface area contributed by atoms with Gasteiger partial charge in [0, 0.05) is 19.0 Å². The third-order valence-electron chi connectivity index (χ3n) is 9.24. The summed E-state index contributed by atoms with van der Waals surface area (Å²) in [5.41, 5.74) is 3.77. The summed E-state index contributed by atoms with van der Waals surface area (Å²) in [5.74, 6) is -1.85. The van der Waals surface area contributed by atoms with E-state index in [4.69, 9.17) is 9.47 Å². The van der Waals surface area contributed by atoms with Gasteiger partial charge in [-0.1, -0.05) is 121 Å². The maximum absolute atomic E-state index is 14.4. The standard InChI is InChI=1S/C40H40N2O6/c43-37(34(25-29-13-5-1-6-14-29)26-30-15-7-2-8-16-30)42-35(27-31-17-9-3-10-18-31)36(48-40(42)46)38(44)41-23-21-33(22-24-41)39(45)47-28-32-19-11-4-12-20-32/h1-20,33-36H,21-28H2/t35-,36+/m0/s1. The average Bonchev–Trinajstić information content (AvgIpc) is 3.46. The Morgan fingerprint density at radius 1 is 0.688 bits per heavy atom. The molecule has 6 rings (SSSR count). The van der Waals surface area contributed by atoms with Crippen molar-refractivity contribution in [3.05, 3.63) is 144 Å². The molecule has 0 radical (unpaired) electrons. The molecule has 0 aliphatic carbocycles. The molecule has 4 aromatic carbocycles. The molecule has 48 heavy (non-hydrogen) atoms. The molecule has 0 aromatic heterocycles. The molecular formula is C40H40N2O6. The first-order valence-electron chi connectivity index (χ1n) is 16.6. The Morgan fingerprint density at radius 2 is 1.17 bits per heavy atom. The Kier molecular flexibility index (Phi) is 10.6. The number of carbonyl (C=O) groups is 4. The maximum Gasteiger partial charge on any atom is 0.417 e. The molecule has 2 aliphatic rings. The van der Waals surface area contributed by atoms with Gasteiger partial charge in [-0.3, -0.25) is 14.4 Å². The molecule has 0 bridgehead atoms. The Balaban J connectivity index is 1.18. The second-order valence-electron chi connectivity index (χ2n) is 12.5. The number of esters is 1. The first-order chi connectivity index (χ1) is 23.5. The molecule has 2 heterocycles. The summed E-state index contributed by atoms with van der Waals surface area (Å²) >= 11 is 0. The molecule has 2 fully saturated rings. The summed E-state index contributed by atoms with van der Waals surface area (Å²) in [6.45, 7) is 0.862. The predicted molar refractivity (Wildman–Crippen MR) is 180 cm³/mol. The number of benzene rings is 4. The summed E-state index contributed by atoms with van der Waals surface area (Å²) in [7, 11) is 0. The number of hydrogen-bond acceptors (Lipinski definition) is 6. The number of amides is 3. The number of cyclic esters (lactones) is 1. The third-order valence-corrected chi connectivity index (χ3v) is 9.24. The Labute approximate surface area is 281 Å². The van der Waals surface area contributed by atoms with Crippen LogP contribution in [0.4, 0.5) is 4.79 Å². The minimum atomic E-state index is -1.16. The van der Waals surface area contributed by atoms with Gasteiger partial charge in [0.05, 0.1) is 12.0 Å². The lowest BCUT2D eigenvalue weighted by Crippen LogP contribution is -2.52. The van der Waals surface area contributed by atoms with Crippen LogP contribution in [0, 0.1) is 11.8 Å². The van der Waals surface area contributed by atoms with Gasteiger partial charge in [0.1, 0.15) is 6.61 Å². The zero-order valence-corrected chi connectivity index (χ0v) is 26.9. The second-order valence-corrected chi connectivity index (χ2v) is 12.5. The van der Waals surface area contributed by atoms with Crippen LogP contribution in [-0.4, -0.2) is 58.9 Å². The topological polar surface area (TPSA) is 93.2 Å². The third kappa shape index (κ3) is 8.00. The highest BCUT2D eigenvalue weighted by atomic mass is 16.6. The second kappa shape index (κ2) is 15.6. The number of carbonyl (C=O) groups excluding carboxylic acids is 4. The molecule has 0 saturated carbocycles. The molecule has 0 spiro atoms. The summed E-state index contributed by atoms with van der Waals surface area (Å²) < 4.78 is 11.3. The molecule has 8 heteroatoms. The van der Waals surface area contributed by atoms with E-state index in [1.54, 1.807) is 4.90 Å². The zero-order valence-electron chi connectivity index (χ0n) is 26.9. The maximum atomic E-state index is 14.4. The first-order valence-corrected chi connectivity index (χ1v) is 16.6. The lowest BCUT2D eigenvalue weighted by molar-refractivity contribution is -0.154. The van der Waals surface area contributed by atoms with Crippen molar-refractivity contribution in [1.29, 1.82) is 0 Å². The lowest BCUT2D eigenvalue weighted by atomic mass is 9.90. The summed E-state index contributed by atoms with van der Waals surface area (Å²) in [5, 5.41) is 0. The lowest BCUT2D eigenvalue weighted by Gasteiger charge is -2.33. The van der Waals surface area contributed by atoms with Crippen molar-refractivity contribution < 1.29 is 28.7 Å². The molecule has 2 aliphatic heterocycles. The van der Waals surface area contributed by atoms with Crippen molar-refractivity contribution in [2.75, 3.05) is 13.1 Å². The number of rotatable bonds is 11. The smallest absolute Gasteiger partial charge is 0.417 e. The van der Waals surface area contributed by atoms with Crippen molar-refractivity contribution in [1.82, 2.24) is 9.80 Å². The van der Waals surface area contributed by atoms with Crippen molar-refractivity contribution in [2.45, 2.75) is 50.9 Å². The number of ether oxygens (including phenoxy) is 2. The van der Waals surface area contributed by atoms with E-state index >= 15 is 0 Å². The van der Waals surface area contributed by atoms with Gasteiger partial charge in [-0.15, -0.1) is 0 Å². The number of piperidine rings is 1. The molecule has 0 N–H and O–H groups in total. The van der Waals surface area contributed by atoms with E-state index in [1.807, 2.05) is 121 Å². The van der Waals surface area contributed by atoms with E-state index in [9.17, 15) is 19.2 Å². The van der Waals surface area contributed by atoms with E-state index in [0.29, 0.717) is 38.8 Å². The highest BCUT2D eigenvalue weighted by molar-refractivity contribution is 5.98. The molecule has 246 valence electrons. The molecule has 3 amide bonds. The minimum absolute atomic E-state index is 0.206. The van der Waals surface area contributed by atoms with Crippen molar-refractivity contribution in [2.24, 2.45) is 11.8 Å². The van der Waals surface area contributed by atoms with Crippen LogP contribution in [0.2, 0.25) is 0 Å². The fraction of sp³-hybridized carbons (Fsp3) is 0.300. The molecule has 0 unspecified atom stereocenters. The normalized spacial score (nSPS) is 18.1. The van der Waals surface area contributed by atoms with E-state index in [2.05, 4.69) is 0 Å². The van der Waals surface area contributed by atoms with Crippen LogP contribution in [0.15, 0.2) is 121 Å². The van der Waals surface area contributed by atoms with Crippen LogP contribution < -0.4 is 0 Å². The van der Waals surface area contributed by atoms with Gasteiger partial charge < -0.3 is 14.4 Å². The van der Waals surface area contributed by atoms with E-state index in [-0.39, 0.29) is 36.7 Å². The van der Waals surface area contributed by atoms with Crippen LogP contribution in [0.5, 0.6) is 0 Å². The Hall–Kier alpha value is -5.24. The minimum Gasteiger partial charge on any atom is -0.461 e. The van der Waals surface area contributed by atoms with E-state index in [0.717, 1.165) is 22.3 Å². The average molecular weight is 645 g/mol. The molecule has 2 atom stereocenters. The predicted octanol–water partition coefficient (Wildman–Crippen LogP) is 6.03. The van der Waals surface area contributed by atoms with Crippen LogP contribution in [0.3, 0.4) is 0 Å². The van der Waals surface area contributed by atoms with Crippen molar-refractivity contribution in [3.63, 3.8) is 0 Å². The molecular weight excluding hydrogens is 604 g/mol. The number of nitrogens with zero attached hydrogens (tertiary/aromatic N) is 2. The monoisotopic (exact) mass is 644 g/mol. The summed E-state index contributed by atoms with van der Waals surface area (Å²) in [6.07, 6.45) is 0.0820. The van der Waals surface area contributed by atoms with Gasteiger partial charge in [0.25, 0.3) is 5.91 Å². The fourth-order valence-corrected chi connectivity index (χ4v) is 6.64. The Bertz CT molecular complexity index is 1630. The van der Waals surface area contributed by atoms with Crippen LogP contribution in [-0.2, 0) is 49.7 Å². The van der Waals surface area contributed by atoms with Gasteiger partial charge in [-0.05, 0) is 54.4 Å². The molecule has 2 saturated heterocycles. The SMILES string of the molecule is O=C(OCc1ccccc1)C1CCN(C(=O)[C@@H]2OC(=O)N(C(=O)C(Cc3ccccc3)Cc3ccccc3)[C@H]2Cc2ccccc2)CC1. The largest absolute Gasteiger partial charge is 0.461 e. The van der Waals surface area contributed by atoms with Gasteiger partial charge in [-0.25, -0.2) is 9.69 Å². The Morgan fingerprint density at radius 3 is 1.69 bits per heavy atom. The van der Waals surface area contributed by atoms with E-state index in [1.165, 1.54) is 4.90 Å². The zero-order chi connectivity index (χ0) is 33.3. The van der Waals surface area contributed by atoms with Crippen molar-refractivity contribution >= 4 is 23.9 Å². The quantitative estimate of drug-likeness (QED) is 0.185.